The molecule has 0 atom stereocenters. The van der Waals surface area contributed by atoms with Gasteiger partial charge in [0.05, 0.1) is 12.3 Å². The van der Waals surface area contributed by atoms with E-state index in [2.05, 4.69) is 0 Å². The first-order valence-electron chi connectivity index (χ1n) is 6.58. The maximum absolute atomic E-state index is 12.2. The summed E-state index contributed by atoms with van der Waals surface area (Å²) in [6.45, 7) is 0.769. The number of likely N-dealkylation sites (N-methyl/N-ethyl adjacent to an activating group) is 1. The van der Waals surface area contributed by atoms with Gasteiger partial charge in [-0.3, -0.25) is 4.79 Å². The number of nitrogen functional groups attached to an aromatic ring is 1. The van der Waals surface area contributed by atoms with Gasteiger partial charge >= 0.3 is 0 Å². The van der Waals surface area contributed by atoms with Gasteiger partial charge in [-0.25, -0.2) is 8.42 Å². The average Bonchev–Trinajstić information content (AvgIpc) is 2.44. The lowest BCUT2D eigenvalue weighted by molar-refractivity contribution is -0.132. The van der Waals surface area contributed by atoms with Crippen LogP contribution in [0.4, 0.5) is 5.69 Å². The van der Waals surface area contributed by atoms with Crippen LogP contribution in [0.25, 0.3) is 0 Å². The van der Waals surface area contributed by atoms with E-state index in [1.54, 1.807) is 24.1 Å². The molecule has 2 rings (SSSR count). The lowest BCUT2D eigenvalue weighted by Crippen LogP contribution is -2.51. The molecular formula is C13H19N3O3S2. The number of nitrogens with zero attached hydrogens (tertiary/aromatic N) is 2. The number of nitrogens with two attached hydrogens (primary N) is 1. The Bertz CT molecular complexity index is 602. The molecule has 116 valence electrons. The van der Waals surface area contributed by atoms with Crippen molar-refractivity contribution in [3.05, 3.63) is 24.3 Å². The Hall–Kier alpha value is -1.25. The van der Waals surface area contributed by atoms with Crippen molar-refractivity contribution in [3.8, 4) is 0 Å². The summed E-state index contributed by atoms with van der Waals surface area (Å²) >= 11 is 1.46. The maximum atomic E-state index is 12.2. The van der Waals surface area contributed by atoms with E-state index in [0.717, 1.165) is 4.90 Å². The van der Waals surface area contributed by atoms with Crippen molar-refractivity contribution in [2.24, 2.45) is 0 Å². The van der Waals surface area contributed by atoms with Crippen LogP contribution in [0.15, 0.2) is 29.2 Å². The van der Waals surface area contributed by atoms with Gasteiger partial charge in [0.2, 0.25) is 15.9 Å². The molecule has 0 saturated carbocycles. The molecule has 1 fully saturated rings. The second-order valence-corrected chi connectivity index (χ2v) is 8.14. The highest BCUT2D eigenvalue weighted by Crippen LogP contribution is 2.20. The van der Waals surface area contributed by atoms with Crippen molar-refractivity contribution in [1.29, 1.82) is 0 Å². The number of piperazine rings is 1. The molecular weight excluding hydrogens is 310 g/mol. The van der Waals surface area contributed by atoms with Gasteiger partial charge in [0.25, 0.3) is 0 Å². The van der Waals surface area contributed by atoms with Gasteiger partial charge in [0, 0.05) is 36.5 Å². The highest BCUT2D eigenvalue weighted by Gasteiger charge is 2.29. The largest absolute Gasteiger partial charge is 0.399 e. The highest BCUT2D eigenvalue weighted by molar-refractivity contribution is 8.00. The molecule has 0 radical (unpaired) electrons. The predicted molar refractivity (Wildman–Crippen MR) is 84.6 cm³/mol. The first-order valence-corrected chi connectivity index (χ1v) is 9.18. The molecule has 1 aliphatic heterocycles. The van der Waals surface area contributed by atoms with Gasteiger partial charge in [0.1, 0.15) is 0 Å². The summed E-state index contributed by atoms with van der Waals surface area (Å²) in [7, 11) is -1.69. The van der Waals surface area contributed by atoms with Crippen molar-refractivity contribution in [2.45, 2.75) is 4.90 Å². The Morgan fingerprint density at radius 2 is 1.90 bits per heavy atom. The predicted octanol–water partition coefficient (Wildman–Crippen LogP) is 0.465. The quantitative estimate of drug-likeness (QED) is 0.627. The standard InChI is InChI=1S/C13H19N3O3S2/c1-15-6-7-16(10-13(15)17)21(18,19)9-8-20-12-4-2-11(14)3-5-12/h2-5H,6-10,14H2,1H3. The number of carbonyl (C=O) groups excluding carboxylic acids is 1. The lowest BCUT2D eigenvalue weighted by atomic mass is 10.3. The van der Waals surface area contributed by atoms with E-state index in [9.17, 15) is 13.2 Å². The van der Waals surface area contributed by atoms with Gasteiger partial charge < -0.3 is 10.6 Å². The summed E-state index contributed by atoms with van der Waals surface area (Å²) < 4.78 is 25.7. The van der Waals surface area contributed by atoms with Crippen LogP contribution in [0.3, 0.4) is 0 Å². The summed E-state index contributed by atoms with van der Waals surface area (Å²) in [6.07, 6.45) is 0. The third kappa shape index (κ3) is 4.36. The van der Waals surface area contributed by atoms with Gasteiger partial charge in [0.15, 0.2) is 0 Å². The zero-order valence-electron chi connectivity index (χ0n) is 11.9. The molecule has 21 heavy (non-hydrogen) atoms. The summed E-state index contributed by atoms with van der Waals surface area (Å²) in [4.78, 5) is 14.1. The van der Waals surface area contributed by atoms with Crippen LogP contribution in [0.1, 0.15) is 0 Å². The minimum atomic E-state index is -3.38. The average molecular weight is 329 g/mol. The number of benzene rings is 1. The van der Waals surface area contributed by atoms with E-state index >= 15 is 0 Å². The molecule has 1 saturated heterocycles. The van der Waals surface area contributed by atoms with Gasteiger partial charge in [-0.2, -0.15) is 4.31 Å². The summed E-state index contributed by atoms with van der Waals surface area (Å²) in [6, 6.07) is 7.31. The number of hydrogen-bond donors (Lipinski definition) is 1. The van der Waals surface area contributed by atoms with E-state index in [-0.39, 0.29) is 18.2 Å². The first-order chi connectivity index (χ1) is 9.88. The van der Waals surface area contributed by atoms with E-state index in [0.29, 0.717) is 24.5 Å². The molecule has 1 aliphatic rings. The normalized spacial score (nSPS) is 17.2. The minimum Gasteiger partial charge on any atom is -0.399 e. The molecule has 1 heterocycles. The van der Waals surface area contributed by atoms with E-state index in [1.165, 1.54) is 16.1 Å². The van der Waals surface area contributed by atoms with Crippen LogP contribution in [-0.4, -0.2) is 61.7 Å². The third-order valence-electron chi connectivity index (χ3n) is 3.31. The molecule has 1 aromatic carbocycles. The second-order valence-electron chi connectivity index (χ2n) is 4.88. The van der Waals surface area contributed by atoms with E-state index < -0.39 is 10.0 Å². The topological polar surface area (TPSA) is 83.7 Å². The minimum absolute atomic E-state index is 0.0268. The van der Waals surface area contributed by atoms with Crippen molar-refractivity contribution in [2.75, 3.05) is 43.9 Å². The number of amides is 1. The van der Waals surface area contributed by atoms with Crippen molar-refractivity contribution in [3.63, 3.8) is 0 Å². The van der Waals surface area contributed by atoms with Crippen LogP contribution < -0.4 is 5.73 Å². The number of anilines is 1. The lowest BCUT2D eigenvalue weighted by Gasteiger charge is -2.31. The molecule has 2 N–H and O–H groups in total. The number of rotatable bonds is 5. The number of thioether (sulfide) groups is 1. The van der Waals surface area contributed by atoms with Gasteiger partial charge in [-0.05, 0) is 24.3 Å². The number of sulfonamides is 1. The number of hydrogen-bond acceptors (Lipinski definition) is 5. The van der Waals surface area contributed by atoms with Crippen LogP contribution in [0.2, 0.25) is 0 Å². The van der Waals surface area contributed by atoms with Crippen LogP contribution in [-0.2, 0) is 14.8 Å². The Labute approximate surface area is 129 Å². The zero-order valence-corrected chi connectivity index (χ0v) is 13.5. The molecule has 0 bridgehead atoms. The summed E-state index contributed by atoms with van der Waals surface area (Å²) in [5.41, 5.74) is 6.28. The summed E-state index contributed by atoms with van der Waals surface area (Å²) in [5, 5.41) is 0. The smallest absolute Gasteiger partial charge is 0.237 e. The first kappa shape index (κ1) is 16.1. The number of carbonyl (C=O) groups is 1. The van der Waals surface area contributed by atoms with E-state index in [4.69, 9.17) is 5.73 Å². The fourth-order valence-corrected chi connectivity index (χ4v) is 4.60. The Morgan fingerprint density at radius 3 is 2.52 bits per heavy atom. The summed E-state index contributed by atoms with van der Waals surface area (Å²) in [5.74, 6) is 0.322. The molecule has 8 heteroatoms. The zero-order chi connectivity index (χ0) is 15.5. The van der Waals surface area contributed by atoms with Crippen molar-refractivity contribution in [1.82, 2.24) is 9.21 Å². The van der Waals surface area contributed by atoms with Crippen LogP contribution in [0.5, 0.6) is 0 Å². The molecule has 0 aliphatic carbocycles. The van der Waals surface area contributed by atoms with E-state index in [1.807, 2.05) is 12.1 Å². The Kier molecular flexibility index (Phi) is 5.13. The maximum Gasteiger partial charge on any atom is 0.237 e. The molecule has 0 aromatic heterocycles. The van der Waals surface area contributed by atoms with Gasteiger partial charge in [-0.1, -0.05) is 0 Å². The fraction of sp³-hybridized carbons (Fsp3) is 0.462. The van der Waals surface area contributed by atoms with Crippen molar-refractivity contribution >= 4 is 33.4 Å². The molecule has 1 aromatic rings. The van der Waals surface area contributed by atoms with Crippen molar-refractivity contribution < 1.29 is 13.2 Å². The molecule has 0 spiro atoms. The van der Waals surface area contributed by atoms with Gasteiger partial charge in [-0.15, -0.1) is 11.8 Å². The Morgan fingerprint density at radius 1 is 1.24 bits per heavy atom. The molecule has 6 nitrogen and oxygen atoms in total. The van der Waals surface area contributed by atoms with Crippen LogP contribution >= 0.6 is 11.8 Å². The fourth-order valence-electron chi connectivity index (χ4n) is 1.93. The molecule has 0 unspecified atom stereocenters. The molecule has 1 amide bonds. The third-order valence-corrected chi connectivity index (χ3v) is 6.40. The SMILES string of the molecule is CN1CCN(S(=O)(=O)CCSc2ccc(N)cc2)CC1=O. The van der Waals surface area contributed by atoms with Crippen LogP contribution in [0, 0.1) is 0 Å². The Balaban J connectivity index is 1.86. The monoisotopic (exact) mass is 329 g/mol. The highest BCUT2D eigenvalue weighted by atomic mass is 32.2. The second kappa shape index (κ2) is 6.67.